The Labute approximate surface area is 131 Å². The van der Waals surface area contributed by atoms with Crippen LogP contribution in [0.3, 0.4) is 0 Å². The van der Waals surface area contributed by atoms with Gasteiger partial charge >= 0.3 is 0 Å². The zero-order valence-corrected chi connectivity index (χ0v) is 13.3. The van der Waals surface area contributed by atoms with Crippen molar-refractivity contribution in [3.8, 4) is 0 Å². The molecule has 1 aliphatic rings. The largest absolute Gasteiger partial charge is 0.341 e. The van der Waals surface area contributed by atoms with E-state index >= 15 is 0 Å². The highest BCUT2D eigenvalue weighted by Gasteiger charge is 2.22. The van der Waals surface area contributed by atoms with E-state index in [1.54, 1.807) is 0 Å². The molecule has 0 bridgehead atoms. The predicted molar refractivity (Wildman–Crippen MR) is 86.6 cm³/mol. The van der Waals surface area contributed by atoms with Gasteiger partial charge in [-0.2, -0.15) is 5.10 Å². The molecular weight excluding hydrogens is 276 g/mol. The molecule has 0 saturated carbocycles. The number of anilines is 1. The van der Waals surface area contributed by atoms with Crippen molar-refractivity contribution >= 4 is 5.95 Å². The second kappa shape index (κ2) is 6.87. The smallest absolute Gasteiger partial charge is 0.225 e. The van der Waals surface area contributed by atoms with Gasteiger partial charge in [-0.3, -0.25) is 4.68 Å². The molecule has 3 heterocycles. The summed E-state index contributed by atoms with van der Waals surface area (Å²) in [5, 5.41) is 7.87. The highest BCUT2D eigenvalue weighted by Crippen LogP contribution is 2.20. The van der Waals surface area contributed by atoms with Crippen molar-refractivity contribution in [1.29, 1.82) is 0 Å². The minimum absolute atomic E-state index is 0.331. The van der Waals surface area contributed by atoms with Crippen LogP contribution in [0.4, 0.5) is 5.95 Å². The maximum Gasteiger partial charge on any atom is 0.225 e. The fourth-order valence-electron chi connectivity index (χ4n) is 2.99. The minimum atomic E-state index is 0.331. The van der Waals surface area contributed by atoms with Crippen molar-refractivity contribution in [2.24, 2.45) is 13.0 Å². The summed E-state index contributed by atoms with van der Waals surface area (Å²) in [7, 11) is 1.95. The van der Waals surface area contributed by atoms with Crippen LogP contribution in [-0.4, -0.2) is 39.4 Å². The molecule has 0 radical (unpaired) electrons. The Bertz CT molecular complexity index is 581. The number of rotatable bonds is 5. The van der Waals surface area contributed by atoms with Crippen LogP contribution < -0.4 is 10.2 Å². The average molecular weight is 300 g/mol. The first-order valence-electron chi connectivity index (χ1n) is 7.96. The summed E-state index contributed by atoms with van der Waals surface area (Å²) in [5.74, 6) is 1.49. The Morgan fingerprint density at radius 2 is 2.18 bits per heavy atom. The Kier molecular flexibility index (Phi) is 4.68. The molecule has 0 amide bonds. The molecular formula is C16H24N6. The van der Waals surface area contributed by atoms with E-state index in [4.69, 9.17) is 0 Å². The van der Waals surface area contributed by atoms with Crippen molar-refractivity contribution < 1.29 is 0 Å². The van der Waals surface area contributed by atoms with Crippen molar-refractivity contribution in [3.63, 3.8) is 0 Å². The summed E-state index contributed by atoms with van der Waals surface area (Å²) in [5.41, 5.74) is 1.24. The highest BCUT2D eigenvalue weighted by atomic mass is 15.3. The highest BCUT2D eigenvalue weighted by molar-refractivity contribution is 5.29. The van der Waals surface area contributed by atoms with Crippen LogP contribution >= 0.6 is 0 Å². The van der Waals surface area contributed by atoms with Gasteiger partial charge in [-0.1, -0.05) is 0 Å². The second-order valence-corrected chi connectivity index (χ2v) is 6.08. The number of nitrogens with one attached hydrogen (secondary N) is 1. The second-order valence-electron chi connectivity index (χ2n) is 6.08. The first-order chi connectivity index (χ1) is 10.7. The lowest BCUT2D eigenvalue weighted by molar-refractivity contribution is 0.373. The fraction of sp³-hybridized carbons (Fsp3) is 0.562. The van der Waals surface area contributed by atoms with Gasteiger partial charge in [0, 0.05) is 56.9 Å². The lowest BCUT2D eigenvalue weighted by Crippen LogP contribution is -2.40. The molecule has 1 aliphatic heterocycles. The van der Waals surface area contributed by atoms with Crippen LogP contribution in [-0.2, 0) is 7.05 Å². The van der Waals surface area contributed by atoms with Gasteiger partial charge in [0.2, 0.25) is 5.95 Å². The van der Waals surface area contributed by atoms with Crippen molar-refractivity contribution in [2.45, 2.75) is 25.8 Å². The fourth-order valence-corrected chi connectivity index (χ4v) is 2.99. The minimum Gasteiger partial charge on any atom is -0.341 e. The van der Waals surface area contributed by atoms with Crippen LogP contribution in [0.2, 0.25) is 0 Å². The monoisotopic (exact) mass is 300 g/mol. The molecule has 6 heteroatoms. The molecule has 22 heavy (non-hydrogen) atoms. The van der Waals surface area contributed by atoms with E-state index in [-0.39, 0.29) is 0 Å². The first-order valence-corrected chi connectivity index (χ1v) is 7.96. The molecule has 0 spiro atoms. The summed E-state index contributed by atoms with van der Waals surface area (Å²) in [6.07, 6.45) is 10.1. The number of aromatic nitrogens is 4. The molecule has 118 valence electrons. The standard InChI is InChI=1S/C16H24N6/c1-13(15-10-20-21(2)12-15)19-9-14-5-3-8-22(11-14)16-17-6-4-7-18-16/h4,6-7,10,12-14,19H,3,5,8-9,11H2,1-2H3. The maximum atomic E-state index is 4.37. The van der Waals surface area contributed by atoms with Crippen molar-refractivity contribution in [2.75, 3.05) is 24.5 Å². The van der Waals surface area contributed by atoms with E-state index in [2.05, 4.69) is 38.4 Å². The van der Waals surface area contributed by atoms with E-state index < -0.39 is 0 Å². The van der Waals surface area contributed by atoms with Crippen LogP contribution in [0.25, 0.3) is 0 Å². The molecule has 1 fully saturated rings. The van der Waals surface area contributed by atoms with Crippen LogP contribution in [0.5, 0.6) is 0 Å². The SMILES string of the molecule is CC(NCC1CCCN(c2ncccn2)C1)c1cnn(C)c1. The third kappa shape index (κ3) is 3.62. The molecule has 3 rings (SSSR count). The molecule has 0 aromatic carbocycles. The molecule has 2 unspecified atom stereocenters. The Morgan fingerprint density at radius 3 is 2.91 bits per heavy atom. The Hall–Kier alpha value is -1.95. The number of hydrogen-bond acceptors (Lipinski definition) is 5. The van der Waals surface area contributed by atoms with Crippen molar-refractivity contribution in [3.05, 3.63) is 36.4 Å². The van der Waals surface area contributed by atoms with Gasteiger partial charge in [-0.15, -0.1) is 0 Å². The molecule has 1 N–H and O–H groups in total. The van der Waals surface area contributed by atoms with E-state index in [0.29, 0.717) is 12.0 Å². The summed E-state index contributed by atoms with van der Waals surface area (Å²) < 4.78 is 1.85. The van der Waals surface area contributed by atoms with Gasteiger partial charge in [0.1, 0.15) is 0 Å². The van der Waals surface area contributed by atoms with Gasteiger partial charge < -0.3 is 10.2 Å². The van der Waals surface area contributed by atoms with E-state index in [0.717, 1.165) is 25.6 Å². The van der Waals surface area contributed by atoms with E-state index in [1.165, 1.54) is 18.4 Å². The summed E-state index contributed by atoms with van der Waals surface area (Å²) in [4.78, 5) is 11.0. The third-order valence-corrected chi connectivity index (χ3v) is 4.29. The summed E-state index contributed by atoms with van der Waals surface area (Å²) >= 11 is 0. The maximum absolute atomic E-state index is 4.37. The van der Waals surface area contributed by atoms with Crippen LogP contribution in [0.15, 0.2) is 30.9 Å². The van der Waals surface area contributed by atoms with Gasteiger partial charge in [0.15, 0.2) is 0 Å². The number of aryl methyl sites for hydroxylation is 1. The number of piperidine rings is 1. The summed E-state index contributed by atoms with van der Waals surface area (Å²) in [6.45, 7) is 5.28. The van der Waals surface area contributed by atoms with Gasteiger partial charge in [-0.05, 0) is 31.7 Å². The average Bonchev–Trinajstić information content (AvgIpc) is 3.00. The molecule has 2 atom stereocenters. The Morgan fingerprint density at radius 1 is 1.36 bits per heavy atom. The molecule has 2 aromatic rings. The normalized spacial score (nSPS) is 20.1. The van der Waals surface area contributed by atoms with Crippen LogP contribution in [0.1, 0.15) is 31.4 Å². The van der Waals surface area contributed by atoms with Crippen LogP contribution in [0, 0.1) is 5.92 Å². The molecule has 0 aliphatic carbocycles. The predicted octanol–water partition coefficient (Wildman–Crippen LogP) is 1.78. The van der Waals surface area contributed by atoms with E-state index in [1.807, 2.05) is 36.4 Å². The molecule has 1 saturated heterocycles. The third-order valence-electron chi connectivity index (χ3n) is 4.29. The lowest BCUT2D eigenvalue weighted by Gasteiger charge is -2.33. The van der Waals surface area contributed by atoms with Gasteiger partial charge in [0.25, 0.3) is 0 Å². The number of nitrogens with zero attached hydrogens (tertiary/aromatic N) is 5. The van der Waals surface area contributed by atoms with Gasteiger partial charge in [0.05, 0.1) is 6.20 Å². The molecule has 6 nitrogen and oxygen atoms in total. The van der Waals surface area contributed by atoms with Crippen molar-refractivity contribution in [1.82, 2.24) is 25.1 Å². The molecule has 2 aromatic heterocycles. The quantitative estimate of drug-likeness (QED) is 0.912. The van der Waals surface area contributed by atoms with Gasteiger partial charge in [-0.25, -0.2) is 9.97 Å². The summed E-state index contributed by atoms with van der Waals surface area (Å²) in [6, 6.07) is 2.19. The topological polar surface area (TPSA) is 58.9 Å². The van der Waals surface area contributed by atoms with E-state index in [9.17, 15) is 0 Å². The zero-order valence-electron chi connectivity index (χ0n) is 13.3. The number of hydrogen-bond donors (Lipinski definition) is 1. The Balaban J connectivity index is 1.52. The lowest BCUT2D eigenvalue weighted by atomic mass is 9.97. The zero-order chi connectivity index (χ0) is 15.4. The first kappa shape index (κ1) is 15.0.